The van der Waals surface area contributed by atoms with E-state index >= 15 is 0 Å². The van der Waals surface area contributed by atoms with Gasteiger partial charge in [-0.05, 0) is 36.1 Å². The van der Waals surface area contributed by atoms with Crippen molar-refractivity contribution in [2.75, 3.05) is 70.1 Å². The van der Waals surface area contributed by atoms with Crippen LogP contribution in [0.5, 0.6) is 0 Å². The molecule has 3 heterocycles. The van der Waals surface area contributed by atoms with Crippen LogP contribution in [0.1, 0.15) is 49.3 Å². The molecule has 1 fully saturated rings. The molecular weight excluding hydrogens is 574 g/mol. The third kappa shape index (κ3) is 10.1. The molecule has 1 aliphatic heterocycles. The second-order valence-corrected chi connectivity index (χ2v) is 11.3. The second kappa shape index (κ2) is 17.3. The molecule has 1 aliphatic rings. The highest BCUT2D eigenvalue weighted by Crippen LogP contribution is 2.25. The SMILES string of the molecule is C=NOCC(=O)NCCOCCC(=O)N1CCN(Cc2ccc(Cn3ccc4nc(N)nc(NCCCCC)c43)c(C)c2)CC1. The third-order valence-corrected chi connectivity index (χ3v) is 7.90. The van der Waals surface area contributed by atoms with Crippen molar-refractivity contribution in [3.05, 3.63) is 47.2 Å². The van der Waals surface area contributed by atoms with Crippen LogP contribution in [0.15, 0.2) is 35.6 Å². The lowest BCUT2D eigenvalue weighted by Gasteiger charge is -2.35. The summed E-state index contributed by atoms with van der Waals surface area (Å²) in [6.45, 7) is 13.8. The number of nitrogens with one attached hydrogen (secondary N) is 2. The van der Waals surface area contributed by atoms with Gasteiger partial charge in [0.1, 0.15) is 5.52 Å². The molecule has 3 aromatic rings. The maximum atomic E-state index is 12.6. The van der Waals surface area contributed by atoms with E-state index < -0.39 is 0 Å². The van der Waals surface area contributed by atoms with Crippen LogP contribution < -0.4 is 16.4 Å². The van der Waals surface area contributed by atoms with Crippen LogP contribution in [0.2, 0.25) is 0 Å². The van der Waals surface area contributed by atoms with Gasteiger partial charge in [0, 0.05) is 65.3 Å². The predicted octanol–water partition coefficient (Wildman–Crippen LogP) is 2.77. The first-order chi connectivity index (χ1) is 21.9. The molecule has 4 N–H and O–H groups in total. The summed E-state index contributed by atoms with van der Waals surface area (Å²) in [7, 11) is 0. The number of nitrogens with two attached hydrogens (primary N) is 1. The highest BCUT2D eigenvalue weighted by atomic mass is 16.6. The fraction of sp³-hybridized carbons (Fsp3) is 0.531. The van der Waals surface area contributed by atoms with E-state index in [0.29, 0.717) is 45.8 Å². The molecule has 1 aromatic carbocycles. The van der Waals surface area contributed by atoms with Gasteiger partial charge in [-0.3, -0.25) is 14.5 Å². The summed E-state index contributed by atoms with van der Waals surface area (Å²) in [4.78, 5) is 41.9. The van der Waals surface area contributed by atoms with E-state index in [1.165, 1.54) is 29.5 Å². The topological polar surface area (TPSA) is 152 Å². The number of hydrogen-bond acceptors (Lipinski definition) is 10. The summed E-state index contributed by atoms with van der Waals surface area (Å²) in [6.07, 6.45) is 5.79. The molecule has 1 saturated heterocycles. The molecule has 45 heavy (non-hydrogen) atoms. The smallest absolute Gasteiger partial charge is 0.260 e. The first-order valence-electron chi connectivity index (χ1n) is 15.7. The van der Waals surface area contributed by atoms with Gasteiger partial charge in [-0.25, -0.2) is 4.98 Å². The number of carbonyl (C=O) groups excluding carboxylic acids is 2. The number of piperazine rings is 1. The van der Waals surface area contributed by atoms with Gasteiger partial charge in [0.15, 0.2) is 12.4 Å². The number of oxime groups is 1. The van der Waals surface area contributed by atoms with Crippen molar-refractivity contribution in [2.24, 2.45) is 5.16 Å². The predicted molar refractivity (Wildman–Crippen MR) is 176 cm³/mol. The maximum absolute atomic E-state index is 12.6. The van der Waals surface area contributed by atoms with Crippen molar-refractivity contribution in [3.63, 3.8) is 0 Å². The normalized spacial score (nSPS) is 13.6. The summed E-state index contributed by atoms with van der Waals surface area (Å²) >= 11 is 0. The fourth-order valence-corrected chi connectivity index (χ4v) is 5.43. The van der Waals surface area contributed by atoms with Gasteiger partial charge in [0.05, 0.1) is 25.2 Å². The van der Waals surface area contributed by atoms with Crippen molar-refractivity contribution in [3.8, 4) is 0 Å². The van der Waals surface area contributed by atoms with Gasteiger partial charge in [0.2, 0.25) is 11.9 Å². The Balaban J connectivity index is 1.22. The van der Waals surface area contributed by atoms with Crippen LogP contribution in [-0.4, -0.2) is 102 Å². The molecule has 13 nitrogen and oxygen atoms in total. The van der Waals surface area contributed by atoms with Gasteiger partial charge >= 0.3 is 0 Å². The monoisotopic (exact) mass is 621 g/mol. The number of rotatable bonds is 18. The van der Waals surface area contributed by atoms with Crippen LogP contribution in [-0.2, 0) is 32.3 Å². The molecule has 0 atom stereocenters. The van der Waals surface area contributed by atoms with Crippen LogP contribution in [0.3, 0.4) is 0 Å². The summed E-state index contributed by atoms with van der Waals surface area (Å²) in [5, 5.41) is 9.28. The lowest BCUT2D eigenvalue weighted by atomic mass is 10.0. The molecule has 0 radical (unpaired) electrons. The van der Waals surface area contributed by atoms with E-state index in [1.807, 2.05) is 11.0 Å². The molecule has 0 bridgehead atoms. The minimum atomic E-state index is -0.293. The first-order valence-corrected chi connectivity index (χ1v) is 15.7. The number of hydrogen-bond donors (Lipinski definition) is 3. The molecule has 0 aliphatic carbocycles. The quantitative estimate of drug-likeness (QED) is 0.111. The van der Waals surface area contributed by atoms with Gasteiger partial charge in [0.25, 0.3) is 5.91 Å². The summed E-state index contributed by atoms with van der Waals surface area (Å²) < 4.78 is 7.69. The van der Waals surface area contributed by atoms with E-state index in [9.17, 15) is 9.59 Å². The zero-order chi connectivity index (χ0) is 32.0. The fourth-order valence-electron chi connectivity index (χ4n) is 5.43. The van der Waals surface area contributed by atoms with Gasteiger partial charge in [-0.2, -0.15) is 4.98 Å². The van der Waals surface area contributed by atoms with E-state index in [1.54, 1.807) is 0 Å². The molecule has 0 unspecified atom stereocenters. The zero-order valence-electron chi connectivity index (χ0n) is 26.6. The highest BCUT2D eigenvalue weighted by molar-refractivity contribution is 5.87. The Bertz CT molecular complexity index is 1420. The number of nitrogen functional groups attached to an aromatic ring is 1. The van der Waals surface area contributed by atoms with Crippen molar-refractivity contribution in [1.82, 2.24) is 29.7 Å². The number of anilines is 2. The van der Waals surface area contributed by atoms with Crippen LogP contribution in [0.25, 0.3) is 11.0 Å². The number of fused-ring (bicyclic) bond motifs is 1. The number of carbonyl (C=O) groups is 2. The summed E-state index contributed by atoms with van der Waals surface area (Å²) in [5.74, 6) is 0.863. The number of ether oxygens (including phenoxy) is 1. The highest BCUT2D eigenvalue weighted by Gasteiger charge is 2.21. The third-order valence-electron chi connectivity index (χ3n) is 7.90. The van der Waals surface area contributed by atoms with Gasteiger partial charge < -0.3 is 35.4 Å². The summed E-state index contributed by atoms with van der Waals surface area (Å²) in [5.41, 5.74) is 11.5. The Morgan fingerprint density at radius 1 is 1.07 bits per heavy atom. The zero-order valence-corrected chi connectivity index (χ0v) is 26.6. The Morgan fingerprint density at radius 2 is 1.89 bits per heavy atom. The number of unbranched alkanes of at least 4 members (excludes halogenated alkanes) is 2. The van der Waals surface area contributed by atoms with Crippen LogP contribution in [0, 0.1) is 6.92 Å². The lowest BCUT2D eigenvalue weighted by Crippen LogP contribution is -2.48. The van der Waals surface area contributed by atoms with E-state index in [-0.39, 0.29) is 24.4 Å². The van der Waals surface area contributed by atoms with Crippen molar-refractivity contribution in [1.29, 1.82) is 0 Å². The van der Waals surface area contributed by atoms with E-state index in [2.05, 4.69) is 85.0 Å². The molecule has 13 heteroatoms. The second-order valence-electron chi connectivity index (χ2n) is 11.3. The van der Waals surface area contributed by atoms with Crippen molar-refractivity contribution in [2.45, 2.75) is 52.6 Å². The Labute approximate surface area is 265 Å². The summed E-state index contributed by atoms with van der Waals surface area (Å²) in [6, 6.07) is 8.67. The van der Waals surface area contributed by atoms with Crippen LogP contribution in [0.4, 0.5) is 11.8 Å². The number of aromatic nitrogens is 3. The largest absolute Gasteiger partial charge is 0.386 e. The maximum Gasteiger partial charge on any atom is 0.260 e. The molecular formula is C32H47N9O4. The minimum Gasteiger partial charge on any atom is -0.386 e. The van der Waals surface area contributed by atoms with Gasteiger partial charge in [-0.1, -0.05) is 38.0 Å². The van der Waals surface area contributed by atoms with E-state index in [4.69, 9.17) is 10.5 Å². The average molecular weight is 622 g/mol. The number of aryl methyl sites for hydroxylation is 1. The number of benzene rings is 1. The molecule has 0 spiro atoms. The number of amides is 2. The molecule has 4 rings (SSSR count). The number of nitrogens with zero attached hydrogens (tertiary/aromatic N) is 6. The molecule has 244 valence electrons. The van der Waals surface area contributed by atoms with Crippen molar-refractivity contribution >= 4 is 41.3 Å². The first kappa shape index (κ1) is 33.7. The van der Waals surface area contributed by atoms with Crippen molar-refractivity contribution < 1.29 is 19.2 Å². The Morgan fingerprint density at radius 3 is 2.64 bits per heavy atom. The standard InChI is InChI=1S/C32H47N9O4/c1-4-5-6-11-36-31-30-27(37-32(33)38-31)9-13-41(30)22-26-8-7-25(20-24(26)2)21-39-14-16-40(17-15-39)29(43)10-18-44-19-12-35-28(42)23-45-34-3/h7-9,13,20H,3-6,10-12,14-19,21-23H2,1-2H3,(H,35,42)(H3,33,36,37,38). The van der Waals surface area contributed by atoms with E-state index in [0.717, 1.165) is 49.5 Å². The Hall–Kier alpha value is -4.23. The lowest BCUT2D eigenvalue weighted by molar-refractivity contribution is -0.134. The van der Waals surface area contributed by atoms with Gasteiger partial charge in [-0.15, -0.1) is 5.16 Å². The Kier molecular flexibility index (Phi) is 12.9. The average Bonchev–Trinajstić information content (AvgIpc) is 3.43. The molecule has 2 amide bonds. The molecule has 2 aromatic heterocycles. The molecule has 0 saturated carbocycles. The minimum absolute atomic E-state index is 0.0919. The van der Waals surface area contributed by atoms with Crippen LogP contribution >= 0.6 is 0 Å².